The van der Waals surface area contributed by atoms with Gasteiger partial charge in [-0.05, 0) is 37.5 Å². The summed E-state index contributed by atoms with van der Waals surface area (Å²) in [6.07, 6.45) is 1.72. The van der Waals surface area contributed by atoms with Gasteiger partial charge in [0, 0.05) is 18.1 Å². The standard InChI is InChI=1S/C15H20ClFN2O3S/c1-2-8-23(21,22)19-7-3-4-11(10-19)15(20)18-14-9-12(16)5-6-13(14)17/h5-6,9,11H,2-4,7-8,10H2,1H3,(H,18,20)/t11-/m0/s1. The van der Waals surface area contributed by atoms with Crippen molar-refractivity contribution in [3.8, 4) is 0 Å². The molecule has 1 aromatic carbocycles. The first-order chi connectivity index (χ1) is 10.8. The number of piperidine rings is 1. The number of nitrogens with zero attached hydrogens (tertiary/aromatic N) is 1. The molecule has 128 valence electrons. The van der Waals surface area contributed by atoms with Gasteiger partial charge in [-0.3, -0.25) is 4.79 Å². The fraction of sp³-hybridized carbons (Fsp3) is 0.533. The zero-order chi connectivity index (χ0) is 17.0. The molecule has 0 radical (unpaired) electrons. The Morgan fingerprint density at radius 3 is 2.91 bits per heavy atom. The normalized spacial score (nSPS) is 19.5. The van der Waals surface area contributed by atoms with E-state index in [0.29, 0.717) is 30.8 Å². The molecule has 1 atom stereocenters. The summed E-state index contributed by atoms with van der Waals surface area (Å²) >= 11 is 5.80. The van der Waals surface area contributed by atoms with E-state index in [1.165, 1.54) is 22.5 Å². The number of carbonyl (C=O) groups is 1. The molecular weight excluding hydrogens is 343 g/mol. The Bertz CT molecular complexity index is 681. The van der Waals surface area contributed by atoms with Crippen LogP contribution in [0.4, 0.5) is 10.1 Å². The molecular formula is C15H20ClFN2O3S. The molecule has 0 spiro atoms. The Kier molecular flexibility index (Phi) is 6.00. The second-order valence-corrected chi connectivity index (χ2v) is 8.15. The molecule has 0 bridgehead atoms. The van der Waals surface area contributed by atoms with Gasteiger partial charge in [0.15, 0.2) is 0 Å². The summed E-state index contributed by atoms with van der Waals surface area (Å²) in [7, 11) is -3.33. The number of anilines is 1. The minimum Gasteiger partial charge on any atom is -0.323 e. The Morgan fingerprint density at radius 2 is 2.22 bits per heavy atom. The number of amides is 1. The first-order valence-corrected chi connectivity index (χ1v) is 9.56. The maximum Gasteiger partial charge on any atom is 0.228 e. The predicted molar refractivity (Wildman–Crippen MR) is 88.4 cm³/mol. The molecule has 1 heterocycles. The second-order valence-electron chi connectivity index (χ2n) is 5.63. The van der Waals surface area contributed by atoms with E-state index in [2.05, 4.69) is 5.32 Å². The number of rotatable bonds is 5. The highest BCUT2D eigenvalue weighted by atomic mass is 35.5. The van der Waals surface area contributed by atoms with Crippen molar-refractivity contribution in [1.82, 2.24) is 4.31 Å². The van der Waals surface area contributed by atoms with Crippen LogP contribution in [-0.4, -0.2) is 37.5 Å². The molecule has 23 heavy (non-hydrogen) atoms. The highest BCUT2D eigenvalue weighted by Crippen LogP contribution is 2.24. The van der Waals surface area contributed by atoms with Crippen LogP contribution in [0.15, 0.2) is 18.2 Å². The number of sulfonamides is 1. The lowest BCUT2D eigenvalue weighted by Crippen LogP contribution is -2.44. The monoisotopic (exact) mass is 362 g/mol. The minimum atomic E-state index is -3.33. The van der Waals surface area contributed by atoms with Crippen LogP contribution in [0.3, 0.4) is 0 Å². The molecule has 1 amide bonds. The number of nitrogens with one attached hydrogen (secondary N) is 1. The molecule has 8 heteroatoms. The van der Waals surface area contributed by atoms with Gasteiger partial charge in [0.2, 0.25) is 15.9 Å². The highest BCUT2D eigenvalue weighted by molar-refractivity contribution is 7.89. The van der Waals surface area contributed by atoms with Gasteiger partial charge in [0.25, 0.3) is 0 Å². The molecule has 1 N–H and O–H groups in total. The average Bonchev–Trinajstić information content (AvgIpc) is 2.51. The zero-order valence-electron chi connectivity index (χ0n) is 12.9. The van der Waals surface area contributed by atoms with Crippen LogP contribution in [0.5, 0.6) is 0 Å². The summed E-state index contributed by atoms with van der Waals surface area (Å²) in [4.78, 5) is 12.3. The van der Waals surface area contributed by atoms with E-state index in [4.69, 9.17) is 11.6 Å². The van der Waals surface area contributed by atoms with E-state index < -0.39 is 21.8 Å². The van der Waals surface area contributed by atoms with Gasteiger partial charge in [-0.2, -0.15) is 0 Å². The maximum atomic E-state index is 13.7. The SMILES string of the molecule is CCCS(=O)(=O)N1CCC[C@H](C(=O)Nc2cc(Cl)ccc2F)C1. The number of hydrogen-bond donors (Lipinski definition) is 1. The third-order valence-corrected chi connectivity index (χ3v) is 6.07. The van der Waals surface area contributed by atoms with Gasteiger partial charge in [0.05, 0.1) is 17.4 Å². The Labute approximate surface area is 140 Å². The van der Waals surface area contributed by atoms with Gasteiger partial charge in [-0.1, -0.05) is 18.5 Å². The molecule has 5 nitrogen and oxygen atoms in total. The second kappa shape index (κ2) is 7.59. The molecule has 0 aromatic heterocycles. The van der Waals surface area contributed by atoms with Crippen molar-refractivity contribution < 1.29 is 17.6 Å². The lowest BCUT2D eigenvalue weighted by molar-refractivity contribution is -0.120. The molecule has 0 saturated carbocycles. The summed E-state index contributed by atoms with van der Waals surface area (Å²) < 4.78 is 39.3. The third-order valence-electron chi connectivity index (χ3n) is 3.80. The van der Waals surface area contributed by atoms with Crippen LogP contribution in [-0.2, 0) is 14.8 Å². The summed E-state index contributed by atoms with van der Waals surface area (Å²) in [6, 6.07) is 3.91. The van der Waals surface area contributed by atoms with Gasteiger partial charge in [-0.15, -0.1) is 0 Å². The molecule has 1 aliphatic heterocycles. The van der Waals surface area contributed by atoms with Crippen molar-refractivity contribution in [3.63, 3.8) is 0 Å². The van der Waals surface area contributed by atoms with E-state index in [0.717, 1.165) is 0 Å². The highest BCUT2D eigenvalue weighted by Gasteiger charge is 2.32. The van der Waals surface area contributed by atoms with Crippen molar-refractivity contribution in [2.45, 2.75) is 26.2 Å². The van der Waals surface area contributed by atoms with Gasteiger partial charge < -0.3 is 5.32 Å². The van der Waals surface area contributed by atoms with E-state index in [1.54, 1.807) is 6.92 Å². The van der Waals surface area contributed by atoms with Crippen molar-refractivity contribution >= 4 is 33.2 Å². The molecule has 1 aliphatic rings. The molecule has 1 aromatic rings. The zero-order valence-corrected chi connectivity index (χ0v) is 14.5. The molecule has 0 aliphatic carbocycles. The Balaban J connectivity index is 2.06. The van der Waals surface area contributed by atoms with Crippen LogP contribution in [0, 0.1) is 11.7 Å². The van der Waals surface area contributed by atoms with Crippen LogP contribution in [0.25, 0.3) is 0 Å². The van der Waals surface area contributed by atoms with E-state index in [-0.39, 0.29) is 23.9 Å². The topological polar surface area (TPSA) is 66.5 Å². The van der Waals surface area contributed by atoms with Crippen molar-refractivity contribution in [3.05, 3.63) is 29.0 Å². The summed E-state index contributed by atoms with van der Waals surface area (Å²) in [5.74, 6) is -1.38. The van der Waals surface area contributed by atoms with Crippen molar-refractivity contribution in [2.24, 2.45) is 5.92 Å². The summed E-state index contributed by atoms with van der Waals surface area (Å²) in [6.45, 7) is 2.36. The van der Waals surface area contributed by atoms with Crippen LogP contribution in [0.2, 0.25) is 5.02 Å². The Morgan fingerprint density at radius 1 is 1.48 bits per heavy atom. The van der Waals surface area contributed by atoms with Gasteiger partial charge >= 0.3 is 0 Å². The molecule has 1 saturated heterocycles. The fourth-order valence-corrected chi connectivity index (χ4v) is 4.38. The van der Waals surface area contributed by atoms with Gasteiger partial charge in [0.1, 0.15) is 5.82 Å². The first kappa shape index (κ1) is 18.2. The lowest BCUT2D eigenvalue weighted by atomic mass is 9.98. The molecule has 1 fully saturated rings. The number of halogens is 2. The summed E-state index contributed by atoms with van der Waals surface area (Å²) in [5, 5.41) is 2.82. The van der Waals surface area contributed by atoms with Crippen LogP contribution < -0.4 is 5.32 Å². The fourth-order valence-electron chi connectivity index (χ4n) is 2.62. The minimum absolute atomic E-state index is 0.0102. The smallest absolute Gasteiger partial charge is 0.228 e. The van der Waals surface area contributed by atoms with E-state index >= 15 is 0 Å². The first-order valence-electron chi connectivity index (χ1n) is 7.57. The van der Waals surface area contributed by atoms with E-state index in [9.17, 15) is 17.6 Å². The van der Waals surface area contributed by atoms with Crippen molar-refractivity contribution in [2.75, 3.05) is 24.2 Å². The average molecular weight is 363 g/mol. The third kappa shape index (κ3) is 4.65. The lowest BCUT2D eigenvalue weighted by Gasteiger charge is -2.31. The Hall–Kier alpha value is -1.18. The van der Waals surface area contributed by atoms with Gasteiger partial charge in [-0.25, -0.2) is 17.1 Å². The maximum absolute atomic E-state index is 13.7. The predicted octanol–water partition coefficient (Wildman–Crippen LogP) is 2.87. The quantitative estimate of drug-likeness (QED) is 0.875. The molecule has 0 unspecified atom stereocenters. The molecule has 2 rings (SSSR count). The summed E-state index contributed by atoms with van der Waals surface area (Å²) in [5.41, 5.74) is 0.0102. The largest absolute Gasteiger partial charge is 0.323 e. The number of hydrogen-bond acceptors (Lipinski definition) is 3. The van der Waals surface area contributed by atoms with Crippen molar-refractivity contribution in [1.29, 1.82) is 0 Å². The van der Waals surface area contributed by atoms with Crippen LogP contribution in [0.1, 0.15) is 26.2 Å². The number of benzene rings is 1. The number of carbonyl (C=O) groups excluding carboxylic acids is 1. The van der Waals surface area contributed by atoms with Crippen LogP contribution >= 0.6 is 11.6 Å². The van der Waals surface area contributed by atoms with E-state index in [1.807, 2.05) is 0 Å².